The van der Waals surface area contributed by atoms with Crippen molar-refractivity contribution in [2.75, 3.05) is 19.9 Å². The summed E-state index contributed by atoms with van der Waals surface area (Å²) in [6.45, 7) is 4.51. The van der Waals surface area contributed by atoms with Crippen LogP contribution in [0.5, 0.6) is 5.75 Å². The van der Waals surface area contributed by atoms with Gasteiger partial charge in [0.1, 0.15) is 0 Å². The fourth-order valence-corrected chi connectivity index (χ4v) is 1.86. The van der Waals surface area contributed by atoms with E-state index in [0.717, 1.165) is 5.56 Å². The Bertz CT molecular complexity index is 425. The van der Waals surface area contributed by atoms with Gasteiger partial charge in [0.25, 0.3) is 0 Å². The molecule has 3 nitrogen and oxygen atoms in total. The molecular formula is C13H20FNO2S. The fraction of sp³-hybridized carbons (Fsp3) is 0.538. The molecular weight excluding hydrogens is 253 g/mol. The van der Waals surface area contributed by atoms with Crippen molar-refractivity contribution in [3.05, 3.63) is 29.6 Å². The van der Waals surface area contributed by atoms with Gasteiger partial charge in [0.2, 0.25) is 0 Å². The first-order valence-corrected chi connectivity index (χ1v) is 7.47. The minimum absolute atomic E-state index is 0.0106. The second-order valence-electron chi connectivity index (χ2n) is 4.33. The molecule has 0 radical (unpaired) electrons. The summed E-state index contributed by atoms with van der Waals surface area (Å²) in [7, 11) is 0.593. The number of halogens is 1. The van der Waals surface area contributed by atoms with Crippen molar-refractivity contribution in [2.24, 2.45) is 0 Å². The van der Waals surface area contributed by atoms with Crippen molar-refractivity contribution in [1.82, 2.24) is 5.32 Å². The molecule has 0 saturated carbocycles. The maximum Gasteiger partial charge on any atom is 0.165 e. The highest BCUT2D eigenvalue weighted by atomic mass is 32.2. The highest BCUT2D eigenvalue weighted by Crippen LogP contribution is 2.21. The summed E-state index contributed by atoms with van der Waals surface area (Å²) < 4.78 is 29.6. The normalized spacial score (nSPS) is 16.1. The molecule has 3 unspecified atom stereocenters. The van der Waals surface area contributed by atoms with E-state index >= 15 is 0 Å². The molecule has 0 aromatic heterocycles. The van der Waals surface area contributed by atoms with Crippen LogP contribution in [0, 0.1) is 5.82 Å². The van der Waals surface area contributed by atoms with Crippen LogP contribution in [-0.2, 0) is 10.8 Å². The van der Waals surface area contributed by atoms with Crippen molar-refractivity contribution < 1.29 is 13.3 Å². The fourth-order valence-electron chi connectivity index (χ4n) is 1.53. The number of nitrogens with one attached hydrogen (secondary N) is 1. The molecule has 0 aliphatic heterocycles. The summed E-state index contributed by atoms with van der Waals surface area (Å²) in [6, 6.07) is 4.91. The molecule has 0 fully saturated rings. The lowest BCUT2D eigenvalue weighted by molar-refractivity contribution is 0.385. The first-order chi connectivity index (χ1) is 8.45. The lowest BCUT2D eigenvalue weighted by Gasteiger charge is -2.17. The number of ether oxygens (including phenoxy) is 1. The van der Waals surface area contributed by atoms with Gasteiger partial charge in [-0.1, -0.05) is 6.07 Å². The molecule has 5 heteroatoms. The van der Waals surface area contributed by atoms with Crippen molar-refractivity contribution in [3.63, 3.8) is 0 Å². The summed E-state index contributed by atoms with van der Waals surface area (Å²) in [5, 5.41) is 3.32. The van der Waals surface area contributed by atoms with Crippen molar-refractivity contribution in [3.8, 4) is 5.75 Å². The van der Waals surface area contributed by atoms with Gasteiger partial charge in [0.05, 0.1) is 7.11 Å². The van der Waals surface area contributed by atoms with Crippen LogP contribution in [0.15, 0.2) is 18.2 Å². The zero-order chi connectivity index (χ0) is 13.7. The quantitative estimate of drug-likeness (QED) is 0.864. The maximum absolute atomic E-state index is 13.5. The van der Waals surface area contributed by atoms with Crippen LogP contribution in [0.3, 0.4) is 0 Å². The van der Waals surface area contributed by atoms with Crippen LogP contribution in [0.4, 0.5) is 4.39 Å². The van der Waals surface area contributed by atoms with E-state index in [1.807, 2.05) is 19.9 Å². The molecule has 0 spiro atoms. The van der Waals surface area contributed by atoms with E-state index in [2.05, 4.69) is 5.32 Å². The Hall–Kier alpha value is -0.940. The molecule has 0 aliphatic carbocycles. The average Bonchev–Trinajstić information content (AvgIpc) is 2.35. The van der Waals surface area contributed by atoms with Crippen LogP contribution in [-0.4, -0.2) is 29.4 Å². The zero-order valence-corrected chi connectivity index (χ0v) is 12.0. The highest BCUT2D eigenvalue weighted by molar-refractivity contribution is 7.84. The van der Waals surface area contributed by atoms with Gasteiger partial charge in [-0.05, 0) is 31.5 Å². The van der Waals surface area contributed by atoms with Crippen molar-refractivity contribution in [2.45, 2.75) is 25.1 Å². The van der Waals surface area contributed by atoms with E-state index < -0.39 is 10.8 Å². The molecule has 1 N–H and O–H groups in total. The van der Waals surface area contributed by atoms with Gasteiger partial charge in [-0.25, -0.2) is 4.39 Å². The van der Waals surface area contributed by atoms with Gasteiger partial charge >= 0.3 is 0 Å². The molecule has 0 bridgehead atoms. The Morgan fingerprint density at radius 2 is 2.11 bits per heavy atom. The van der Waals surface area contributed by atoms with Crippen LogP contribution in [0.25, 0.3) is 0 Å². The third-order valence-electron chi connectivity index (χ3n) is 2.95. The molecule has 0 heterocycles. The molecule has 1 aromatic rings. The minimum Gasteiger partial charge on any atom is -0.494 e. The summed E-state index contributed by atoms with van der Waals surface area (Å²) in [4.78, 5) is 0. The molecule has 3 atom stereocenters. The second-order valence-corrected chi connectivity index (χ2v) is 6.14. The lowest BCUT2D eigenvalue weighted by Crippen LogP contribution is -2.29. The Kier molecular flexibility index (Phi) is 5.75. The van der Waals surface area contributed by atoms with Crippen molar-refractivity contribution >= 4 is 10.8 Å². The van der Waals surface area contributed by atoms with Crippen LogP contribution >= 0.6 is 0 Å². The predicted molar refractivity (Wildman–Crippen MR) is 72.9 cm³/mol. The molecule has 0 saturated heterocycles. The van der Waals surface area contributed by atoms with Crippen LogP contribution < -0.4 is 10.1 Å². The molecule has 102 valence electrons. The number of rotatable bonds is 6. The Balaban J connectivity index is 2.64. The minimum atomic E-state index is -0.849. The van der Waals surface area contributed by atoms with E-state index in [1.165, 1.54) is 13.2 Å². The van der Waals surface area contributed by atoms with Crippen LogP contribution in [0.1, 0.15) is 25.5 Å². The smallest absolute Gasteiger partial charge is 0.165 e. The summed E-state index contributed by atoms with van der Waals surface area (Å²) in [5.74, 6) is -0.121. The average molecular weight is 273 g/mol. The SMILES string of the molecule is COc1ccc(C(C)NCC(C)S(C)=O)cc1F. The van der Waals surface area contributed by atoms with Gasteiger partial charge in [-0.3, -0.25) is 4.21 Å². The van der Waals surface area contributed by atoms with E-state index in [0.29, 0.717) is 6.54 Å². The van der Waals surface area contributed by atoms with Crippen molar-refractivity contribution in [1.29, 1.82) is 0 Å². The van der Waals surface area contributed by atoms with E-state index in [9.17, 15) is 8.60 Å². The second kappa shape index (κ2) is 6.85. The standard InChI is InChI=1S/C13H20FNO2S/c1-9(18(4)16)8-15-10(2)11-5-6-13(17-3)12(14)7-11/h5-7,9-10,15H,8H2,1-4H3. The molecule has 1 rings (SSSR count). The van der Waals surface area contributed by atoms with Gasteiger partial charge in [-0.15, -0.1) is 0 Å². The third-order valence-corrected chi connectivity index (χ3v) is 4.25. The summed E-state index contributed by atoms with van der Waals surface area (Å²) >= 11 is 0. The first-order valence-electron chi connectivity index (χ1n) is 5.84. The number of methoxy groups -OCH3 is 1. The molecule has 0 amide bonds. The van der Waals surface area contributed by atoms with Crippen LogP contribution in [0.2, 0.25) is 0 Å². The van der Waals surface area contributed by atoms with Gasteiger partial charge in [-0.2, -0.15) is 0 Å². The number of benzene rings is 1. The van der Waals surface area contributed by atoms with Gasteiger partial charge < -0.3 is 10.1 Å². The first kappa shape index (κ1) is 15.1. The third kappa shape index (κ3) is 4.07. The number of hydrogen-bond acceptors (Lipinski definition) is 3. The number of hydrogen-bond donors (Lipinski definition) is 1. The Labute approximate surface area is 110 Å². The Morgan fingerprint density at radius 3 is 2.61 bits per heavy atom. The van der Waals surface area contributed by atoms with E-state index in [-0.39, 0.29) is 22.9 Å². The summed E-state index contributed by atoms with van der Waals surface area (Å²) in [6.07, 6.45) is 1.68. The molecule has 0 aliphatic rings. The Morgan fingerprint density at radius 1 is 1.44 bits per heavy atom. The zero-order valence-electron chi connectivity index (χ0n) is 11.2. The largest absolute Gasteiger partial charge is 0.494 e. The molecule has 18 heavy (non-hydrogen) atoms. The monoisotopic (exact) mass is 273 g/mol. The molecule has 1 aromatic carbocycles. The van der Waals surface area contributed by atoms with Gasteiger partial charge in [0, 0.05) is 34.9 Å². The van der Waals surface area contributed by atoms with E-state index in [1.54, 1.807) is 12.3 Å². The predicted octanol–water partition coefficient (Wildman–Crippen LogP) is 2.25. The highest BCUT2D eigenvalue weighted by Gasteiger charge is 2.12. The topological polar surface area (TPSA) is 38.3 Å². The maximum atomic E-state index is 13.5. The van der Waals surface area contributed by atoms with Gasteiger partial charge in [0.15, 0.2) is 11.6 Å². The lowest BCUT2D eigenvalue weighted by atomic mass is 10.1. The van der Waals surface area contributed by atoms with E-state index in [4.69, 9.17) is 4.74 Å². The summed E-state index contributed by atoms with van der Waals surface area (Å²) in [5.41, 5.74) is 0.849.